The van der Waals surface area contributed by atoms with E-state index in [1.807, 2.05) is 30.3 Å². The van der Waals surface area contributed by atoms with E-state index in [1.165, 1.54) is 5.56 Å². The zero-order valence-corrected chi connectivity index (χ0v) is 18.9. The molecular formula is C21H31IN4O2. The van der Waals surface area contributed by atoms with E-state index in [2.05, 4.69) is 45.2 Å². The summed E-state index contributed by atoms with van der Waals surface area (Å²) in [5.41, 5.74) is 2.29. The van der Waals surface area contributed by atoms with Crippen LogP contribution in [0.15, 0.2) is 59.6 Å². The van der Waals surface area contributed by atoms with E-state index in [1.54, 1.807) is 14.2 Å². The van der Waals surface area contributed by atoms with Crippen LogP contribution < -0.4 is 20.7 Å². The summed E-state index contributed by atoms with van der Waals surface area (Å²) in [6.45, 7) is 3.69. The third kappa shape index (κ3) is 9.80. The number of ether oxygens (including phenoxy) is 2. The number of hydrogen-bond acceptors (Lipinski definition) is 4. The summed E-state index contributed by atoms with van der Waals surface area (Å²) in [4.78, 5) is 4.25. The number of methoxy groups -OCH3 is 1. The van der Waals surface area contributed by atoms with Crippen molar-refractivity contribution >= 4 is 35.6 Å². The van der Waals surface area contributed by atoms with E-state index >= 15 is 0 Å². The van der Waals surface area contributed by atoms with E-state index in [0.717, 1.165) is 43.5 Å². The molecule has 0 spiro atoms. The van der Waals surface area contributed by atoms with Gasteiger partial charge in [-0.05, 0) is 36.2 Å². The van der Waals surface area contributed by atoms with Crippen molar-refractivity contribution in [3.05, 3.63) is 60.2 Å². The molecule has 2 aromatic carbocycles. The first-order valence-electron chi connectivity index (χ1n) is 9.26. The first-order chi connectivity index (χ1) is 13.3. The summed E-state index contributed by atoms with van der Waals surface area (Å²) in [5, 5.41) is 9.94. The summed E-state index contributed by atoms with van der Waals surface area (Å²) in [5.74, 6) is 1.69. The van der Waals surface area contributed by atoms with Gasteiger partial charge in [0.25, 0.3) is 0 Å². The van der Waals surface area contributed by atoms with Gasteiger partial charge in [0, 0.05) is 39.5 Å². The number of para-hydroxylation sites is 1. The number of nitrogens with one attached hydrogen (secondary N) is 3. The number of rotatable bonds is 11. The number of benzene rings is 2. The van der Waals surface area contributed by atoms with Crippen LogP contribution in [0.2, 0.25) is 0 Å². The summed E-state index contributed by atoms with van der Waals surface area (Å²) in [6.07, 6.45) is 0.900. The SMILES string of the molecule is CN=C(NCCCOc1ccccc1)NCc1ccc(NCCOC)cc1.I. The Balaban J connectivity index is 0.00000392. The Morgan fingerprint density at radius 2 is 1.68 bits per heavy atom. The van der Waals surface area contributed by atoms with Gasteiger partial charge in [0.2, 0.25) is 0 Å². The van der Waals surface area contributed by atoms with Gasteiger partial charge in [0.15, 0.2) is 5.96 Å². The monoisotopic (exact) mass is 498 g/mol. The third-order valence-corrected chi connectivity index (χ3v) is 3.90. The molecule has 0 heterocycles. The lowest BCUT2D eigenvalue weighted by Gasteiger charge is -2.13. The average Bonchev–Trinajstić information content (AvgIpc) is 2.72. The summed E-state index contributed by atoms with van der Waals surface area (Å²) in [6, 6.07) is 18.2. The molecule has 2 aromatic rings. The second-order valence-electron chi connectivity index (χ2n) is 5.98. The number of nitrogens with zero attached hydrogens (tertiary/aromatic N) is 1. The Kier molecular flexibility index (Phi) is 12.9. The maximum absolute atomic E-state index is 5.68. The minimum absolute atomic E-state index is 0. The van der Waals surface area contributed by atoms with Crippen molar-refractivity contribution in [1.29, 1.82) is 0 Å². The predicted molar refractivity (Wildman–Crippen MR) is 127 cm³/mol. The van der Waals surface area contributed by atoms with Crippen molar-refractivity contribution in [1.82, 2.24) is 10.6 Å². The van der Waals surface area contributed by atoms with Gasteiger partial charge in [0.1, 0.15) is 5.75 Å². The van der Waals surface area contributed by atoms with Crippen LogP contribution >= 0.6 is 24.0 Å². The number of guanidine groups is 1. The molecule has 0 unspecified atom stereocenters. The van der Waals surface area contributed by atoms with Crippen LogP contribution in [0.25, 0.3) is 0 Å². The highest BCUT2D eigenvalue weighted by atomic mass is 127. The second kappa shape index (κ2) is 15.0. The maximum Gasteiger partial charge on any atom is 0.191 e. The molecule has 0 saturated heterocycles. The van der Waals surface area contributed by atoms with Gasteiger partial charge >= 0.3 is 0 Å². The molecule has 0 aliphatic rings. The average molecular weight is 498 g/mol. The van der Waals surface area contributed by atoms with Gasteiger partial charge in [-0.15, -0.1) is 24.0 Å². The van der Waals surface area contributed by atoms with Gasteiger partial charge in [-0.25, -0.2) is 0 Å². The molecule has 7 heteroatoms. The minimum Gasteiger partial charge on any atom is -0.494 e. The Labute approximate surface area is 185 Å². The van der Waals surface area contributed by atoms with Crippen LogP contribution in [0, 0.1) is 0 Å². The van der Waals surface area contributed by atoms with Gasteiger partial charge in [0.05, 0.1) is 13.2 Å². The molecule has 0 saturated carbocycles. The molecule has 28 heavy (non-hydrogen) atoms. The molecule has 0 aliphatic heterocycles. The molecule has 0 fully saturated rings. The Morgan fingerprint density at radius 3 is 2.36 bits per heavy atom. The number of anilines is 1. The van der Waals surface area contributed by atoms with Crippen molar-refractivity contribution in [3.63, 3.8) is 0 Å². The zero-order chi connectivity index (χ0) is 19.2. The van der Waals surface area contributed by atoms with Crippen LogP contribution in [0.1, 0.15) is 12.0 Å². The van der Waals surface area contributed by atoms with Crippen LogP contribution in [-0.2, 0) is 11.3 Å². The summed E-state index contributed by atoms with van der Waals surface area (Å²) in [7, 11) is 3.48. The molecule has 6 nitrogen and oxygen atoms in total. The van der Waals surface area contributed by atoms with Crippen LogP contribution in [0.4, 0.5) is 5.69 Å². The number of hydrogen-bond donors (Lipinski definition) is 3. The molecule has 0 amide bonds. The van der Waals surface area contributed by atoms with Crippen molar-refractivity contribution in [2.45, 2.75) is 13.0 Å². The molecular weight excluding hydrogens is 467 g/mol. The molecule has 3 N–H and O–H groups in total. The van der Waals surface area contributed by atoms with Crippen LogP contribution in [0.5, 0.6) is 5.75 Å². The fraction of sp³-hybridized carbons (Fsp3) is 0.381. The van der Waals surface area contributed by atoms with Gasteiger partial charge < -0.3 is 25.4 Å². The maximum atomic E-state index is 5.68. The number of halogens is 1. The van der Waals surface area contributed by atoms with Gasteiger partial charge in [-0.2, -0.15) is 0 Å². The molecule has 0 radical (unpaired) electrons. The van der Waals surface area contributed by atoms with E-state index in [-0.39, 0.29) is 24.0 Å². The molecule has 0 atom stereocenters. The van der Waals surface area contributed by atoms with Crippen molar-refractivity contribution < 1.29 is 9.47 Å². The second-order valence-corrected chi connectivity index (χ2v) is 5.98. The molecule has 154 valence electrons. The smallest absolute Gasteiger partial charge is 0.191 e. The Bertz CT molecular complexity index is 666. The Morgan fingerprint density at radius 1 is 0.929 bits per heavy atom. The van der Waals surface area contributed by atoms with Crippen molar-refractivity contribution in [3.8, 4) is 5.75 Å². The lowest BCUT2D eigenvalue weighted by Crippen LogP contribution is -2.37. The normalized spacial score (nSPS) is 10.7. The molecule has 0 aliphatic carbocycles. The molecule has 0 aromatic heterocycles. The van der Waals surface area contributed by atoms with Crippen LogP contribution in [0.3, 0.4) is 0 Å². The molecule has 2 rings (SSSR count). The summed E-state index contributed by atoms with van der Waals surface area (Å²) < 4.78 is 10.7. The van der Waals surface area contributed by atoms with Crippen molar-refractivity contribution in [2.75, 3.05) is 45.8 Å². The first kappa shape index (κ1) is 24.0. The first-order valence-corrected chi connectivity index (χ1v) is 9.26. The van der Waals surface area contributed by atoms with E-state index in [4.69, 9.17) is 9.47 Å². The lowest BCUT2D eigenvalue weighted by atomic mass is 10.2. The third-order valence-electron chi connectivity index (χ3n) is 3.90. The zero-order valence-electron chi connectivity index (χ0n) is 16.6. The highest BCUT2D eigenvalue weighted by molar-refractivity contribution is 14.0. The van der Waals surface area contributed by atoms with Crippen molar-refractivity contribution in [2.24, 2.45) is 4.99 Å². The lowest BCUT2D eigenvalue weighted by molar-refractivity contribution is 0.211. The minimum atomic E-state index is 0. The highest BCUT2D eigenvalue weighted by Crippen LogP contribution is 2.09. The number of aliphatic imine (C=N–C) groups is 1. The van der Waals surface area contributed by atoms with E-state index in [0.29, 0.717) is 13.2 Å². The fourth-order valence-electron chi connectivity index (χ4n) is 2.43. The molecule has 0 bridgehead atoms. The predicted octanol–water partition coefficient (Wildman–Crippen LogP) is 3.50. The highest BCUT2D eigenvalue weighted by Gasteiger charge is 1.99. The van der Waals surface area contributed by atoms with Crippen LogP contribution in [-0.4, -0.2) is 46.4 Å². The van der Waals surface area contributed by atoms with Gasteiger partial charge in [-0.3, -0.25) is 4.99 Å². The van der Waals surface area contributed by atoms with Gasteiger partial charge in [-0.1, -0.05) is 30.3 Å². The summed E-state index contributed by atoms with van der Waals surface area (Å²) >= 11 is 0. The largest absolute Gasteiger partial charge is 0.494 e. The van der Waals surface area contributed by atoms with E-state index in [9.17, 15) is 0 Å². The topological polar surface area (TPSA) is 66.9 Å². The fourth-order valence-corrected chi connectivity index (χ4v) is 2.43. The van der Waals surface area contributed by atoms with E-state index < -0.39 is 0 Å². The quantitative estimate of drug-likeness (QED) is 0.192. The standard InChI is InChI=1S/C21H30N4O2.HI/c1-22-21(24-13-6-15-27-20-7-4-3-5-8-20)25-17-18-9-11-19(12-10-18)23-14-16-26-2;/h3-5,7-12,23H,6,13-17H2,1-2H3,(H2,22,24,25);1H. The Hall–Kier alpha value is -2.00.